The first-order valence-electron chi connectivity index (χ1n) is 6.75. The highest BCUT2D eigenvalue weighted by molar-refractivity contribution is 5.79. The van der Waals surface area contributed by atoms with Crippen molar-refractivity contribution in [2.75, 3.05) is 27.2 Å². The lowest BCUT2D eigenvalue weighted by Crippen LogP contribution is -2.36. The minimum Gasteiger partial charge on any atom is -0.496 e. The number of rotatable bonds is 4. The van der Waals surface area contributed by atoms with Gasteiger partial charge in [0.25, 0.3) is 0 Å². The van der Waals surface area contributed by atoms with Gasteiger partial charge < -0.3 is 15.0 Å². The molecule has 0 aromatic heterocycles. The molecule has 1 aromatic rings. The first-order valence-corrected chi connectivity index (χ1v) is 6.75. The number of nitrogens with one attached hydrogen (secondary N) is 1. The third kappa shape index (κ3) is 2.89. The van der Waals surface area contributed by atoms with Crippen LogP contribution in [0.4, 0.5) is 0 Å². The normalized spacial score (nSPS) is 20.1. The first kappa shape index (κ1) is 13.9. The van der Waals surface area contributed by atoms with E-state index in [0.29, 0.717) is 0 Å². The molecule has 4 heteroatoms. The van der Waals surface area contributed by atoms with E-state index >= 15 is 0 Å². The molecule has 1 amide bonds. The standard InChI is InChI=1S/C15H22N2O2/c1-11(13-6-4-5-7-14(13)19-3)17(2)15(18)12-8-9-16-10-12/h4-7,11-12,16H,8-10H2,1-3H3. The fourth-order valence-corrected chi connectivity index (χ4v) is 2.56. The van der Waals surface area contributed by atoms with Gasteiger partial charge in [-0.1, -0.05) is 18.2 Å². The summed E-state index contributed by atoms with van der Waals surface area (Å²) in [5.74, 6) is 1.16. The number of amides is 1. The SMILES string of the molecule is COc1ccccc1C(C)N(C)C(=O)C1CCNC1. The Morgan fingerprint density at radius 1 is 1.47 bits per heavy atom. The minimum absolute atomic E-state index is 0.0178. The van der Waals surface area contributed by atoms with Gasteiger partial charge in [-0.05, 0) is 26.0 Å². The zero-order valence-corrected chi connectivity index (χ0v) is 11.8. The molecule has 19 heavy (non-hydrogen) atoms. The van der Waals surface area contributed by atoms with Crippen LogP contribution in [0.5, 0.6) is 5.75 Å². The molecule has 1 fully saturated rings. The molecule has 0 spiro atoms. The summed E-state index contributed by atoms with van der Waals surface area (Å²) < 4.78 is 5.37. The van der Waals surface area contributed by atoms with Crippen LogP contribution in [0.25, 0.3) is 0 Å². The van der Waals surface area contributed by atoms with E-state index in [0.717, 1.165) is 30.8 Å². The number of methoxy groups -OCH3 is 1. The van der Waals surface area contributed by atoms with E-state index in [9.17, 15) is 4.79 Å². The Balaban J connectivity index is 2.13. The van der Waals surface area contributed by atoms with Crippen molar-refractivity contribution in [1.82, 2.24) is 10.2 Å². The van der Waals surface area contributed by atoms with E-state index in [1.807, 2.05) is 43.1 Å². The summed E-state index contributed by atoms with van der Waals surface area (Å²) in [5, 5.41) is 3.24. The average molecular weight is 262 g/mol. The number of benzene rings is 1. The lowest BCUT2D eigenvalue weighted by Gasteiger charge is -2.28. The van der Waals surface area contributed by atoms with Crippen molar-refractivity contribution in [1.29, 1.82) is 0 Å². The Hall–Kier alpha value is -1.55. The first-order chi connectivity index (χ1) is 9.15. The molecule has 0 aliphatic carbocycles. The molecule has 104 valence electrons. The molecule has 0 saturated carbocycles. The lowest BCUT2D eigenvalue weighted by atomic mass is 10.0. The van der Waals surface area contributed by atoms with E-state index in [4.69, 9.17) is 4.74 Å². The molecule has 2 unspecified atom stereocenters. The predicted molar refractivity (Wildman–Crippen MR) is 75.2 cm³/mol. The third-order valence-electron chi connectivity index (χ3n) is 3.93. The molecular weight excluding hydrogens is 240 g/mol. The number of nitrogens with zero attached hydrogens (tertiary/aromatic N) is 1. The van der Waals surface area contributed by atoms with E-state index in [1.54, 1.807) is 7.11 Å². The van der Waals surface area contributed by atoms with Gasteiger partial charge in [0.1, 0.15) is 5.75 Å². The Kier molecular flexibility index (Phi) is 4.43. The van der Waals surface area contributed by atoms with Crippen LogP contribution in [-0.2, 0) is 4.79 Å². The second-order valence-corrected chi connectivity index (χ2v) is 5.06. The second-order valence-electron chi connectivity index (χ2n) is 5.06. The number of hydrogen-bond donors (Lipinski definition) is 1. The molecular formula is C15H22N2O2. The molecule has 1 aliphatic rings. The Morgan fingerprint density at radius 2 is 2.21 bits per heavy atom. The van der Waals surface area contributed by atoms with Crippen LogP contribution in [0.2, 0.25) is 0 Å². The van der Waals surface area contributed by atoms with Gasteiger partial charge in [0, 0.05) is 19.2 Å². The van der Waals surface area contributed by atoms with Crippen molar-refractivity contribution in [2.45, 2.75) is 19.4 Å². The smallest absolute Gasteiger partial charge is 0.227 e. The van der Waals surface area contributed by atoms with Crippen LogP contribution in [0.3, 0.4) is 0 Å². The summed E-state index contributed by atoms with van der Waals surface area (Å²) in [6.07, 6.45) is 0.932. The van der Waals surface area contributed by atoms with Crippen LogP contribution in [0, 0.1) is 5.92 Å². The third-order valence-corrected chi connectivity index (χ3v) is 3.93. The molecule has 2 atom stereocenters. The summed E-state index contributed by atoms with van der Waals surface area (Å²) in [7, 11) is 3.53. The molecule has 0 radical (unpaired) electrons. The van der Waals surface area contributed by atoms with E-state index in [2.05, 4.69) is 5.32 Å². The van der Waals surface area contributed by atoms with Crippen molar-refractivity contribution < 1.29 is 9.53 Å². The molecule has 1 heterocycles. The van der Waals surface area contributed by atoms with Gasteiger partial charge in [-0.2, -0.15) is 0 Å². The van der Waals surface area contributed by atoms with Gasteiger partial charge >= 0.3 is 0 Å². The Labute approximate surface area is 114 Å². The van der Waals surface area contributed by atoms with Crippen molar-refractivity contribution in [2.24, 2.45) is 5.92 Å². The fraction of sp³-hybridized carbons (Fsp3) is 0.533. The summed E-state index contributed by atoms with van der Waals surface area (Å²) >= 11 is 0. The quantitative estimate of drug-likeness (QED) is 0.900. The molecule has 4 nitrogen and oxygen atoms in total. The molecule has 1 aromatic carbocycles. The minimum atomic E-state index is 0.0178. The fourth-order valence-electron chi connectivity index (χ4n) is 2.56. The number of carbonyl (C=O) groups excluding carboxylic acids is 1. The maximum atomic E-state index is 12.4. The van der Waals surface area contributed by atoms with Crippen molar-refractivity contribution in [3.63, 3.8) is 0 Å². The van der Waals surface area contributed by atoms with E-state index in [-0.39, 0.29) is 17.9 Å². The van der Waals surface area contributed by atoms with Gasteiger partial charge in [-0.25, -0.2) is 0 Å². The highest BCUT2D eigenvalue weighted by Crippen LogP contribution is 2.29. The predicted octanol–water partition coefficient (Wildman–Crippen LogP) is 1.82. The van der Waals surface area contributed by atoms with Gasteiger partial charge in [-0.15, -0.1) is 0 Å². The average Bonchev–Trinajstić information content (AvgIpc) is 2.99. The molecule has 1 saturated heterocycles. The molecule has 0 bridgehead atoms. The van der Waals surface area contributed by atoms with Crippen LogP contribution >= 0.6 is 0 Å². The topological polar surface area (TPSA) is 41.6 Å². The number of ether oxygens (including phenoxy) is 1. The Bertz CT molecular complexity index is 442. The number of hydrogen-bond acceptors (Lipinski definition) is 3. The van der Waals surface area contributed by atoms with Gasteiger partial charge in [0.05, 0.1) is 19.1 Å². The van der Waals surface area contributed by atoms with Crippen molar-refractivity contribution in [3.8, 4) is 5.75 Å². The zero-order valence-electron chi connectivity index (χ0n) is 11.8. The van der Waals surface area contributed by atoms with Gasteiger partial charge in [-0.3, -0.25) is 4.79 Å². The summed E-state index contributed by atoms with van der Waals surface area (Å²) in [4.78, 5) is 14.2. The summed E-state index contributed by atoms with van der Waals surface area (Å²) in [5.41, 5.74) is 1.05. The molecule has 1 aliphatic heterocycles. The maximum absolute atomic E-state index is 12.4. The highest BCUT2D eigenvalue weighted by Gasteiger charge is 2.28. The largest absolute Gasteiger partial charge is 0.496 e. The van der Waals surface area contributed by atoms with Crippen LogP contribution in [0.15, 0.2) is 24.3 Å². The lowest BCUT2D eigenvalue weighted by molar-refractivity contribution is -0.135. The second kappa shape index (κ2) is 6.06. The van der Waals surface area contributed by atoms with Crippen molar-refractivity contribution >= 4 is 5.91 Å². The van der Waals surface area contributed by atoms with E-state index in [1.165, 1.54) is 0 Å². The Morgan fingerprint density at radius 3 is 2.84 bits per heavy atom. The zero-order chi connectivity index (χ0) is 13.8. The van der Waals surface area contributed by atoms with E-state index < -0.39 is 0 Å². The maximum Gasteiger partial charge on any atom is 0.227 e. The number of para-hydroxylation sites is 1. The molecule has 2 rings (SSSR count). The van der Waals surface area contributed by atoms with Crippen LogP contribution in [0.1, 0.15) is 24.9 Å². The van der Waals surface area contributed by atoms with Crippen LogP contribution in [-0.4, -0.2) is 38.1 Å². The summed E-state index contributed by atoms with van der Waals surface area (Å²) in [6.45, 7) is 3.77. The van der Waals surface area contributed by atoms with Gasteiger partial charge in [0.2, 0.25) is 5.91 Å². The molecule has 1 N–H and O–H groups in total. The van der Waals surface area contributed by atoms with Crippen LogP contribution < -0.4 is 10.1 Å². The monoisotopic (exact) mass is 262 g/mol. The van der Waals surface area contributed by atoms with Crippen molar-refractivity contribution in [3.05, 3.63) is 29.8 Å². The number of carbonyl (C=O) groups is 1. The van der Waals surface area contributed by atoms with Gasteiger partial charge in [0.15, 0.2) is 0 Å². The highest BCUT2D eigenvalue weighted by atomic mass is 16.5. The summed E-state index contributed by atoms with van der Waals surface area (Å²) in [6, 6.07) is 7.88.